The third-order valence-electron chi connectivity index (χ3n) is 3.53. The molecule has 1 aliphatic heterocycles. The van der Waals surface area contributed by atoms with Crippen molar-refractivity contribution in [1.29, 1.82) is 0 Å². The molecule has 0 N–H and O–H groups in total. The predicted molar refractivity (Wildman–Crippen MR) is 79.2 cm³/mol. The predicted octanol–water partition coefficient (Wildman–Crippen LogP) is 3.48. The summed E-state index contributed by atoms with van der Waals surface area (Å²) in [5.74, 6) is 2.00. The molecule has 6 heteroatoms. The maximum Gasteiger partial charge on any atom is 0.229 e. The number of halogens is 2. The first kappa shape index (κ1) is 14.5. The Labute approximate surface area is 126 Å². The first-order valence-electron chi connectivity index (χ1n) is 6.85. The summed E-state index contributed by atoms with van der Waals surface area (Å²) in [4.78, 5) is 6.65. The van der Waals surface area contributed by atoms with Crippen LogP contribution in [0.2, 0.25) is 0 Å². The molecule has 0 unspecified atom stereocenters. The van der Waals surface area contributed by atoms with E-state index in [0.717, 1.165) is 48.5 Å². The van der Waals surface area contributed by atoms with Gasteiger partial charge < -0.3 is 4.42 Å². The highest BCUT2D eigenvalue weighted by molar-refractivity contribution is 7.99. The molecule has 0 radical (unpaired) electrons. The van der Waals surface area contributed by atoms with Crippen LogP contribution in [-0.2, 0) is 6.54 Å². The number of aromatic nitrogens is 1. The van der Waals surface area contributed by atoms with Gasteiger partial charge in [0.2, 0.25) is 5.89 Å². The highest BCUT2D eigenvalue weighted by Gasteiger charge is 2.18. The van der Waals surface area contributed by atoms with Gasteiger partial charge in [-0.3, -0.25) is 4.90 Å². The fourth-order valence-electron chi connectivity index (χ4n) is 2.32. The highest BCUT2D eigenvalue weighted by Crippen LogP contribution is 2.26. The number of rotatable bonds is 3. The molecular formula is C15H16F2N2OS. The van der Waals surface area contributed by atoms with Crippen LogP contribution in [0.3, 0.4) is 0 Å². The Morgan fingerprint density at radius 3 is 2.81 bits per heavy atom. The van der Waals surface area contributed by atoms with Crippen LogP contribution in [0, 0.1) is 18.6 Å². The second-order valence-corrected chi connectivity index (χ2v) is 6.26. The summed E-state index contributed by atoms with van der Waals surface area (Å²) in [5.41, 5.74) is 0.860. The molecule has 21 heavy (non-hydrogen) atoms. The summed E-state index contributed by atoms with van der Waals surface area (Å²) in [6, 6.07) is 3.29. The molecule has 3 rings (SSSR count). The molecule has 3 nitrogen and oxygen atoms in total. The van der Waals surface area contributed by atoms with Gasteiger partial charge in [0.25, 0.3) is 0 Å². The molecule has 0 saturated carbocycles. The smallest absolute Gasteiger partial charge is 0.229 e. The quantitative estimate of drug-likeness (QED) is 0.868. The summed E-state index contributed by atoms with van der Waals surface area (Å²) in [6.07, 6.45) is 0. The zero-order chi connectivity index (χ0) is 14.8. The van der Waals surface area contributed by atoms with E-state index in [1.807, 2.05) is 18.7 Å². The molecule has 2 heterocycles. The van der Waals surface area contributed by atoms with Crippen molar-refractivity contribution in [3.8, 4) is 11.5 Å². The first-order chi connectivity index (χ1) is 10.1. The van der Waals surface area contributed by atoms with Gasteiger partial charge in [-0.25, -0.2) is 13.8 Å². The Morgan fingerprint density at radius 1 is 1.29 bits per heavy atom. The number of aryl methyl sites for hydroxylation is 1. The van der Waals surface area contributed by atoms with E-state index in [0.29, 0.717) is 12.3 Å². The molecule has 1 saturated heterocycles. The van der Waals surface area contributed by atoms with E-state index in [9.17, 15) is 8.78 Å². The van der Waals surface area contributed by atoms with Gasteiger partial charge in [0.05, 0.1) is 11.3 Å². The van der Waals surface area contributed by atoms with Crippen LogP contribution in [0.15, 0.2) is 22.6 Å². The maximum atomic E-state index is 13.8. The molecule has 2 aromatic rings. The number of thioether (sulfide) groups is 1. The first-order valence-corrected chi connectivity index (χ1v) is 8.01. The lowest BCUT2D eigenvalue weighted by atomic mass is 10.2. The van der Waals surface area contributed by atoms with Gasteiger partial charge in [-0.2, -0.15) is 11.8 Å². The molecule has 112 valence electrons. The second kappa shape index (κ2) is 6.15. The largest absolute Gasteiger partial charge is 0.441 e. The molecule has 1 aliphatic rings. The van der Waals surface area contributed by atoms with Crippen molar-refractivity contribution in [3.05, 3.63) is 41.3 Å². The number of nitrogens with zero attached hydrogens (tertiary/aromatic N) is 2. The number of hydrogen-bond donors (Lipinski definition) is 0. The minimum Gasteiger partial charge on any atom is -0.441 e. The van der Waals surface area contributed by atoms with Crippen molar-refractivity contribution in [2.24, 2.45) is 0 Å². The molecule has 0 spiro atoms. The van der Waals surface area contributed by atoms with Crippen molar-refractivity contribution in [3.63, 3.8) is 0 Å². The summed E-state index contributed by atoms with van der Waals surface area (Å²) >= 11 is 1.94. The zero-order valence-corrected chi connectivity index (χ0v) is 12.6. The Kier molecular flexibility index (Phi) is 4.26. The number of oxazole rings is 1. The summed E-state index contributed by atoms with van der Waals surface area (Å²) < 4.78 is 32.6. The number of benzene rings is 1. The lowest BCUT2D eigenvalue weighted by molar-refractivity contribution is 0.289. The van der Waals surface area contributed by atoms with E-state index in [1.54, 1.807) is 0 Å². The van der Waals surface area contributed by atoms with Gasteiger partial charge in [0.1, 0.15) is 17.4 Å². The molecule has 1 fully saturated rings. The lowest BCUT2D eigenvalue weighted by Crippen LogP contribution is -2.32. The van der Waals surface area contributed by atoms with E-state index in [-0.39, 0.29) is 11.5 Å². The third-order valence-corrected chi connectivity index (χ3v) is 4.47. The van der Waals surface area contributed by atoms with Crippen LogP contribution >= 0.6 is 11.8 Å². The van der Waals surface area contributed by atoms with Gasteiger partial charge in [-0.15, -0.1) is 0 Å². The van der Waals surface area contributed by atoms with Crippen molar-refractivity contribution < 1.29 is 13.2 Å². The van der Waals surface area contributed by atoms with Gasteiger partial charge in [0, 0.05) is 31.1 Å². The van der Waals surface area contributed by atoms with Gasteiger partial charge in [-0.05, 0) is 25.1 Å². The zero-order valence-electron chi connectivity index (χ0n) is 11.7. The van der Waals surface area contributed by atoms with E-state index in [4.69, 9.17) is 4.42 Å². The van der Waals surface area contributed by atoms with Crippen molar-refractivity contribution >= 4 is 11.8 Å². The summed E-state index contributed by atoms with van der Waals surface area (Å²) in [5, 5.41) is 0. The maximum absolute atomic E-state index is 13.8. The molecule has 1 aromatic heterocycles. The molecule has 0 bridgehead atoms. The topological polar surface area (TPSA) is 29.3 Å². The van der Waals surface area contributed by atoms with Crippen LogP contribution in [0.25, 0.3) is 11.5 Å². The minimum absolute atomic E-state index is 0.0681. The molecular weight excluding hydrogens is 294 g/mol. The summed E-state index contributed by atoms with van der Waals surface area (Å²) in [6.45, 7) is 4.52. The van der Waals surface area contributed by atoms with Gasteiger partial charge in [-0.1, -0.05) is 0 Å². The van der Waals surface area contributed by atoms with E-state index in [2.05, 4.69) is 9.88 Å². The molecule has 0 aliphatic carbocycles. The monoisotopic (exact) mass is 310 g/mol. The fraction of sp³-hybridized carbons (Fsp3) is 0.400. The third kappa shape index (κ3) is 3.27. The summed E-state index contributed by atoms with van der Waals surface area (Å²) in [7, 11) is 0. The molecule has 1 aromatic carbocycles. The Hall–Kier alpha value is -1.40. The Morgan fingerprint density at radius 2 is 2.05 bits per heavy atom. The SMILES string of the molecule is Cc1oc(-c2cc(F)ccc2F)nc1CN1CCSCC1. The average molecular weight is 310 g/mol. The Balaban J connectivity index is 1.85. The molecule has 0 atom stereocenters. The standard InChI is InChI=1S/C15H16F2N2OS/c1-10-14(9-19-4-6-21-7-5-19)18-15(20-10)12-8-11(16)2-3-13(12)17/h2-3,8H,4-7,9H2,1H3. The van der Waals surface area contributed by atoms with Crippen molar-refractivity contribution in [2.45, 2.75) is 13.5 Å². The van der Waals surface area contributed by atoms with Crippen LogP contribution in [-0.4, -0.2) is 34.5 Å². The number of hydrogen-bond acceptors (Lipinski definition) is 4. The van der Waals surface area contributed by atoms with Crippen LogP contribution in [0.5, 0.6) is 0 Å². The van der Waals surface area contributed by atoms with E-state index in [1.165, 1.54) is 0 Å². The lowest BCUT2D eigenvalue weighted by Gasteiger charge is -2.25. The van der Waals surface area contributed by atoms with Gasteiger partial charge in [0.15, 0.2) is 0 Å². The van der Waals surface area contributed by atoms with Crippen LogP contribution in [0.4, 0.5) is 8.78 Å². The second-order valence-electron chi connectivity index (χ2n) is 5.03. The van der Waals surface area contributed by atoms with E-state index < -0.39 is 11.6 Å². The highest BCUT2D eigenvalue weighted by atomic mass is 32.2. The van der Waals surface area contributed by atoms with Crippen LogP contribution < -0.4 is 0 Å². The van der Waals surface area contributed by atoms with Crippen molar-refractivity contribution in [1.82, 2.24) is 9.88 Å². The fourth-order valence-corrected chi connectivity index (χ4v) is 3.30. The van der Waals surface area contributed by atoms with Gasteiger partial charge >= 0.3 is 0 Å². The average Bonchev–Trinajstić information content (AvgIpc) is 2.84. The Bertz CT molecular complexity index is 639. The minimum atomic E-state index is -0.529. The van der Waals surface area contributed by atoms with Crippen LogP contribution in [0.1, 0.15) is 11.5 Å². The normalized spacial score (nSPS) is 16.3. The van der Waals surface area contributed by atoms with E-state index >= 15 is 0 Å². The molecule has 0 amide bonds. The van der Waals surface area contributed by atoms with Crippen molar-refractivity contribution in [2.75, 3.05) is 24.6 Å².